The molecule has 2 N–H and O–H groups in total. The van der Waals surface area contributed by atoms with Crippen LogP contribution in [0.1, 0.15) is 25.3 Å². The number of fused-ring (bicyclic) bond motifs is 1. The van der Waals surface area contributed by atoms with Crippen LogP contribution in [0.2, 0.25) is 0 Å². The second kappa shape index (κ2) is 5.73. The number of esters is 1. The first-order valence-electron chi connectivity index (χ1n) is 6.46. The second-order valence-electron chi connectivity index (χ2n) is 4.53. The Morgan fingerprint density at radius 2 is 2.21 bits per heavy atom. The van der Waals surface area contributed by atoms with Crippen LogP contribution in [0.25, 0.3) is 0 Å². The van der Waals surface area contributed by atoms with E-state index >= 15 is 0 Å². The zero-order valence-electron chi connectivity index (χ0n) is 11.0. The highest BCUT2D eigenvalue weighted by atomic mass is 16.5. The van der Waals surface area contributed by atoms with Gasteiger partial charge in [-0.1, -0.05) is 0 Å². The van der Waals surface area contributed by atoms with Gasteiger partial charge in [-0.3, -0.25) is 9.59 Å². The van der Waals surface area contributed by atoms with Crippen molar-refractivity contribution in [2.45, 2.75) is 26.2 Å². The second-order valence-corrected chi connectivity index (χ2v) is 4.53. The molecule has 1 heterocycles. The Labute approximate surface area is 112 Å². The predicted molar refractivity (Wildman–Crippen MR) is 72.8 cm³/mol. The van der Waals surface area contributed by atoms with Crippen molar-refractivity contribution < 1.29 is 14.3 Å². The number of amides is 1. The first-order chi connectivity index (χ1) is 9.11. The fourth-order valence-electron chi connectivity index (χ4n) is 2.28. The number of carbonyl (C=O) groups is 2. The molecule has 0 fully saturated rings. The maximum atomic E-state index is 12.1. The van der Waals surface area contributed by atoms with E-state index in [1.165, 1.54) is 4.90 Å². The molecule has 102 valence electrons. The Bertz CT molecular complexity index is 499. The van der Waals surface area contributed by atoms with E-state index in [9.17, 15) is 9.59 Å². The minimum Gasteiger partial charge on any atom is -0.465 e. The summed E-state index contributed by atoms with van der Waals surface area (Å²) in [6.45, 7) is 2.02. The molecule has 0 bridgehead atoms. The lowest BCUT2D eigenvalue weighted by molar-refractivity contribution is -0.142. The van der Waals surface area contributed by atoms with Crippen LogP contribution in [0.3, 0.4) is 0 Å². The maximum absolute atomic E-state index is 12.1. The van der Waals surface area contributed by atoms with E-state index < -0.39 is 0 Å². The van der Waals surface area contributed by atoms with Crippen LogP contribution in [0.4, 0.5) is 11.4 Å². The van der Waals surface area contributed by atoms with Crippen molar-refractivity contribution in [1.82, 2.24) is 0 Å². The van der Waals surface area contributed by atoms with Crippen molar-refractivity contribution in [3.05, 3.63) is 23.8 Å². The summed E-state index contributed by atoms with van der Waals surface area (Å²) < 4.78 is 4.92. The third-order valence-corrected chi connectivity index (χ3v) is 3.12. The molecule has 0 saturated carbocycles. The van der Waals surface area contributed by atoms with Crippen molar-refractivity contribution in [3.8, 4) is 0 Å². The van der Waals surface area contributed by atoms with Crippen molar-refractivity contribution in [2.24, 2.45) is 0 Å². The van der Waals surface area contributed by atoms with Gasteiger partial charge < -0.3 is 15.4 Å². The molecule has 1 aromatic carbocycles. The monoisotopic (exact) mass is 262 g/mol. The molecule has 0 aromatic heterocycles. The lowest BCUT2D eigenvalue weighted by atomic mass is 10.1. The van der Waals surface area contributed by atoms with Gasteiger partial charge in [0.25, 0.3) is 0 Å². The van der Waals surface area contributed by atoms with Gasteiger partial charge in [0, 0.05) is 17.8 Å². The summed E-state index contributed by atoms with van der Waals surface area (Å²) >= 11 is 0. The molecule has 0 saturated heterocycles. The molecule has 1 aliphatic heterocycles. The topological polar surface area (TPSA) is 72.6 Å². The van der Waals surface area contributed by atoms with E-state index in [1.54, 1.807) is 19.1 Å². The number of nitrogens with two attached hydrogens (primary N) is 1. The van der Waals surface area contributed by atoms with E-state index in [0.29, 0.717) is 18.7 Å². The summed E-state index contributed by atoms with van der Waals surface area (Å²) in [5.41, 5.74) is 8.22. The van der Waals surface area contributed by atoms with E-state index in [2.05, 4.69) is 0 Å². The molecule has 1 aromatic rings. The summed E-state index contributed by atoms with van der Waals surface area (Å²) in [5, 5.41) is 0. The van der Waals surface area contributed by atoms with Gasteiger partial charge in [-0.25, -0.2) is 0 Å². The lowest BCUT2D eigenvalue weighted by Crippen LogP contribution is -2.36. The molecule has 19 heavy (non-hydrogen) atoms. The molecular weight excluding hydrogens is 244 g/mol. The summed E-state index contributed by atoms with van der Waals surface area (Å²) in [6.07, 6.45) is 2.01. The normalized spacial score (nSPS) is 14.8. The van der Waals surface area contributed by atoms with Gasteiger partial charge >= 0.3 is 5.97 Å². The molecule has 0 aliphatic carbocycles. The number of hydrogen-bond donors (Lipinski definition) is 1. The molecule has 5 nitrogen and oxygen atoms in total. The van der Waals surface area contributed by atoms with Gasteiger partial charge in [-0.05, 0) is 43.5 Å². The Balaban J connectivity index is 2.30. The average Bonchev–Trinajstić information content (AvgIpc) is 2.50. The van der Waals surface area contributed by atoms with Crippen LogP contribution in [-0.2, 0) is 20.7 Å². The number of ether oxygens (including phenoxy) is 1. The van der Waals surface area contributed by atoms with Gasteiger partial charge in [0.05, 0.1) is 6.61 Å². The molecule has 1 amide bonds. The van der Waals surface area contributed by atoms with Crippen molar-refractivity contribution in [3.63, 3.8) is 0 Å². The molecule has 0 atom stereocenters. The summed E-state index contributed by atoms with van der Waals surface area (Å²) in [4.78, 5) is 25.2. The number of nitrogens with zero attached hydrogens (tertiary/aromatic N) is 1. The molecule has 0 radical (unpaired) electrons. The number of carbonyl (C=O) groups excluding carboxylic acids is 2. The highest BCUT2D eigenvalue weighted by molar-refractivity contribution is 5.99. The van der Waals surface area contributed by atoms with E-state index in [-0.39, 0.29) is 18.4 Å². The number of hydrogen-bond acceptors (Lipinski definition) is 4. The highest BCUT2D eigenvalue weighted by Crippen LogP contribution is 2.28. The SMILES string of the molecule is CCOC(=O)CN1C(=O)CCCc2cc(N)ccc21. The van der Waals surface area contributed by atoms with Crippen LogP contribution in [0.5, 0.6) is 0 Å². The number of rotatable bonds is 3. The van der Waals surface area contributed by atoms with Gasteiger partial charge in [-0.15, -0.1) is 0 Å². The minimum absolute atomic E-state index is 0.0381. The van der Waals surface area contributed by atoms with Crippen molar-refractivity contribution >= 4 is 23.3 Å². The number of aryl methyl sites for hydroxylation is 1. The zero-order valence-corrected chi connectivity index (χ0v) is 11.0. The quantitative estimate of drug-likeness (QED) is 0.662. The summed E-state index contributed by atoms with van der Waals surface area (Å²) in [5.74, 6) is -0.433. The Morgan fingerprint density at radius 3 is 2.95 bits per heavy atom. The van der Waals surface area contributed by atoms with Gasteiger partial charge in [0.1, 0.15) is 6.54 Å². The van der Waals surface area contributed by atoms with Crippen LogP contribution in [-0.4, -0.2) is 25.0 Å². The average molecular weight is 262 g/mol. The number of nitrogen functional groups attached to an aromatic ring is 1. The fourth-order valence-corrected chi connectivity index (χ4v) is 2.28. The van der Waals surface area contributed by atoms with Crippen LogP contribution in [0, 0.1) is 0 Å². The highest BCUT2D eigenvalue weighted by Gasteiger charge is 2.24. The van der Waals surface area contributed by atoms with Crippen LogP contribution in [0.15, 0.2) is 18.2 Å². The first kappa shape index (κ1) is 13.4. The molecule has 0 unspecified atom stereocenters. The summed E-state index contributed by atoms with van der Waals surface area (Å²) in [7, 11) is 0. The fraction of sp³-hybridized carbons (Fsp3) is 0.429. The molecule has 1 aliphatic rings. The van der Waals surface area contributed by atoms with E-state index in [1.807, 2.05) is 6.07 Å². The number of anilines is 2. The number of benzene rings is 1. The van der Waals surface area contributed by atoms with Crippen LogP contribution < -0.4 is 10.6 Å². The Kier molecular flexibility index (Phi) is 4.04. The van der Waals surface area contributed by atoms with Crippen molar-refractivity contribution in [2.75, 3.05) is 23.8 Å². The third-order valence-electron chi connectivity index (χ3n) is 3.12. The molecule has 0 spiro atoms. The zero-order chi connectivity index (χ0) is 13.8. The largest absolute Gasteiger partial charge is 0.465 e. The molecule has 2 rings (SSSR count). The lowest BCUT2D eigenvalue weighted by Gasteiger charge is -2.22. The first-order valence-corrected chi connectivity index (χ1v) is 6.46. The predicted octanol–water partition coefficient (Wildman–Crippen LogP) is 1.50. The van der Waals surface area contributed by atoms with E-state index in [4.69, 9.17) is 10.5 Å². The van der Waals surface area contributed by atoms with E-state index in [0.717, 1.165) is 24.1 Å². The molecular formula is C14H18N2O3. The summed E-state index contributed by atoms with van der Waals surface area (Å²) in [6, 6.07) is 5.41. The maximum Gasteiger partial charge on any atom is 0.326 e. The van der Waals surface area contributed by atoms with Gasteiger partial charge in [0.15, 0.2) is 0 Å². The Morgan fingerprint density at radius 1 is 1.42 bits per heavy atom. The van der Waals surface area contributed by atoms with Gasteiger partial charge in [0.2, 0.25) is 5.91 Å². The minimum atomic E-state index is -0.388. The van der Waals surface area contributed by atoms with Crippen LogP contribution >= 0.6 is 0 Å². The van der Waals surface area contributed by atoms with Crippen molar-refractivity contribution in [1.29, 1.82) is 0 Å². The van der Waals surface area contributed by atoms with Gasteiger partial charge in [-0.2, -0.15) is 0 Å². The standard InChI is InChI=1S/C14H18N2O3/c1-2-19-14(18)9-16-12-7-6-11(15)8-10(12)4-3-5-13(16)17/h6-8H,2-5,9,15H2,1H3. The smallest absolute Gasteiger partial charge is 0.326 e. The Hall–Kier alpha value is -2.04. The third kappa shape index (κ3) is 3.05. The molecule has 5 heteroatoms.